The Bertz CT molecular complexity index is 990. The molecule has 144 valence electrons. The number of methoxy groups -OCH3 is 1. The smallest absolute Gasteiger partial charge is 0.294 e. The minimum atomic E-state index is -0.472. The van der Waals surface area contributed by atoms with Crippen LogP contribution >= 0.6 is 34.4 Å². The quantitative estimate of drug-likeness (QED) is 0.482. The zero-order chi connectivity index (χ0) is 20.3. The van der Waals surface area contributed by atoms with E-state index in [1.165, 1.54) is 0 Å². The number of halogens is 1. The molecule has 0 aromatic heterocycles. The molecule has 0 atom stereocenters. The van der Waals surface area contributed by atoms with E-state index in [-0.39, 0.29) is 11.4 Å². The molecule has 1 N–H and O–H groups in total. The molecule has 0 bridgehead atoms. The van der Waals surface area contributed by atoms with Crippen LogP contribution in [0.15, 0.2) is 47.4 Å². The lowest BCUT2D eigenvalue weighted by Gasteiger charge is -2.12. The summed E-state index contributed by atoms with van der Waals surface area (Å²) in [4.78, 5) is 38.3. The van der Waals surface area contributed by atoms with Crippen LogP contribution in [0.2, 0.25) is 0 Å². The molecule has 1 aliphatic rings. The molecule has 1 fully saturated rings. The number of thioether (sulfide) groups is 1. The van der Waals surface area contributed by atoms with E-state index in [2.05, 4.69) is 27.9 Å². The Balaban J connectivity index is 1.71. The van der Waals surface area contributed by atoms with Gasteiger partial charge in [0.2, 0.25) is 5.91 Å². The lowest BCUT2D eigenvalue weighted by molar-refractivity contribution is -0.127. The summed E-state index contributed by atoms with van der Waals surface area (Å²) in [6.07, 6.45) is 1.64. The number of hydrogen-bond acceptors (Lipinski definition) is 5. The summed E-state index contributed by atoms with van der Waals surface area (Å²) in [7, 11) is 1.59. The van der Waals surface area contributed by atoms with Crippen molar-refractivity contribution in [1.82, 2.24) is 4.90 Å². The monoisotopic (exact) mass is 508 g/mol. The Morgan fingerprint density at radius 2 is 2.04 bits per heavy atom. The number of benzene rings is 2. The molecule has 2 aromatic rings. The SMILES string of the molecule is COc1ccc(/C=C2\SC(=O)N(CC(=O)Nc3cccc(C)c3)C2=O)cc1I. The number of hydrogen-bond donors (Lipinski definition) is 1. The second kappa shape index (κ2) is 8.78. The summed E-state index contributed by atoms with van der Waals surface area (Å²) >= 11 is 2.97. The van der Waals surface area contributed by atoms with Crippen molar-refractivity contribution in [2.45, 2.75) is 6.92 Å². The molecular weight excluding hydrogens is 491 g/mol. The Morgan fingerprint density at radius 3 is 2.71 bits per heavy atom. The highest BCUT2D eigenvalue weighted by atomic mass is 127. The van der Waals surface area contributed by atoms with Gasteiger partial charge >= 0.3 is 0 Å². The van der Waals surface area contributed by atoms with Gasteiger partial charge in [0.05, 0.1) is 15.6 Å². The molecule has 0 spiro atoms. The van der Waals surface area contributed by atoms with Gasteiger partial charge in [-0.1, -0.05) is 18.2 Å². The first-order chi connectivity index (χ1) is 13.4. The maximum Gasteiger partial charge on any atom is 0.294 e. The number of nitrogens with one attached hydrogen (secondary N) is 1. The standard InChI is InChI=1S/C20H17IN2O4S/c1-12-4-3-5-14(8-12)22-18(24)11-23-19(25)17(28-20(23)26)10-13-6-7-16(27-2)15(21)9-13/h3-10H,11H2,1-2H3,(H,22,24)/b17-10-. The van der Waals surface area contributed by atoms with E-state index in [0.29, 0.717) is 5.69 Å². The summed E-state index contributed by atoms with van der Waals surface area (Å²) in [6, 6.07) is 12.8. The van der Waals surface area contributed by atoms with Gasteiger partial charge in [-0.15, -0.1) is 0 Å². The van der Waals surface area contributed by atoms with E-state index in [0.717, 1.165) is 37.1 Å². The van der Waals surface area contributed by atoms with Crippen LogP contribution in [0.5, 0.6) is 5.75 Å². The largest absolute Gasteiger partial charge is 0.496 e. The summed E-state index contributed by atoms with van der Waals surface area (Å²) in [6.45, 7) is 1.59. The van der Waals surface area contributed by atoms with E-state index >= 15 is 0 Å². The predicted molar refractivity (Wildman–Crippen MR) is 118 cm³/mol. The minimum Gasteiger partial charge on any atom is -0.496 e. The van der Waals surface area contributed by atoms with Crippen molar-refractivity contribution in [3.8, 4) is 5.75 Å². The molecule has 3 rings (SSSR count). The highest BCUT2D eigenvalue weighted by molar-refractivity contribution is 14.1. The molecule has 1 aliphatic heterocycles. The number of aryl methyl sites for hydroxylation is 1. The number of rotatable bonds is 5. The van der Waals surface area contributed by atoms with Gasteiger partial charge < -0.3 is 10.1 Å². The summed E-state index contributed by atoms with van der Waals surface area (Å²) in [5.41, 5.74) is 2.40. The van der Waals surface area contributed by atoms with Gasteiger partial charge in [-0.25, -0.2) is 0 Å². The van der Waals surface area contributed by atoms with Crippen LogP contribution in [0.4, 0.5) is 10.5 Å². The minimum absolute atomic E-state index is 0.286. The maximum absolute atomic E-state index is 12.6. The highest BCUT2D eigenvalue weighted by Gasteiger charge is 2.36. The Hall–Kier alpha value is -2.33. The Labute approximate surface area is 180 Å². The molecule has 28 heavy (non-hydrogen) atoms. The normalized spacial score (nSPS) is 15.2. The number of imide groups is 1. The fourth-order valence-corrected chi connectivity index (χ4v) is 4.22. The van der Waals surface area contributed by atoms with Crippen LogP contribution in [0.3, 0.4) is 0 Å². The first-order valence-corrected chi connectivity index (χ1v) is 10.2. The molecule has 2 aromatic carbocycles. The van der Waals surface area contributed by atoms with Crippen LogP contribution in [-0.4, -0.2) is 35.6 Å². The van der Waals surface area contributed by atoms with Crippen LogP contribution in [0, 0.1) is 10.5 Å². The number of ether oxygens (including phenoxy) is 1. The van der Waals surface area contributed by atoms with E-state index in [1.807, 2.05) is 31.2 Å². The fraction of sp³-hybridized carbons (Fsp3) is 0.150. The van der Waals surface area contributed by atoms with Crippen molar-refractivity contribution in [2.24, 2.45) is 0 Å². The topological polar surface area (TPSA) is 75.7 Å². The maximum atomic E-state index is 12.6. The van der Waals surface area contributed by atoms with Crippen molar-refractivity contribution < 1.29 is 19.1 Å². The van der Waals surface area contributed by atoms with E-state index in [4.69, 9.17) is 4.74 Å². The van der Waals surface area contributed by atoms with E-state index < -0.39 is 17.1 Å². The third-order valence-electron chi connectivity index (χ3n) is 3.95. The van der Waals surface area contributed by atoms with Crippen LogP contribution in [0.1, 0.15) is 11.1 Å². The van der Waals surface area contributed by atoms with E-state index in [9.17, 15) is 14.4 Å². The Kier molecular flexibility index (Phi) is 6.40. The van der Waals surface area contributed by atoms with Gasteiger partial charge in [-0.05, 0) is 82.7 Å². The van der Waals surface area contributed by atoms with Crippen molar-refractivity contribution in [3.63, 3.8) is 0 Å². The second-order valence-electron chi connectivity index (χ2n) is 6.08. The van der Waals surface area contributed by atoms with Gasteiger partial charge in [0, 0.05) is 5.69 Å². The van der Waals surface area contributed by atoms with Crippen molar-refractivity contribution in [3.05, 3.63) is 62.1 Å². The molecule has 8 heteroatoms. The molecule has 3 amide bonds. The number of amides is 3. The Morgan fingerprint density at radius 1 is 1.25 bits per heavy atom. The first kappa shape index (κ1) is 20.4. The van der Waals surface area contributed by atoms with Gasteiger partial charge in [0.15, 0.2) is 0 Å². The van der Waals surface area contributed by atoms with Gasteiger partial charge in [-0.2, -0.15) is 0 Å². The number of carbonyl (C=O) groups is 3. The second-order valence-corrected chi connectivity index (χ2v) is 8.23. The van der Waals surface area contributed by atoms with Crippen LogP contribution in [0.25, 0.3) is 6.08 Å². The van der Waals surface area contributed by atoms with Crippen LogP contribution in [-0.2, 0) is 9.59 Å². The van der Waals surface area contributed by atoms with Crippen molar-refractivity contribution >= 4 is 63.2 Å². The van der Waals surface area contributed by atoms with Crippen molar-refractivity contribution in [2.75, 3.05) is 19.0 Å². The molecule has 6 nitrogen and oxygen atoms in total. The van der Waals surface area contributed by atoms with Crippen LogP contribution < -0.4 is 10.1 Å². The average Bonchev–Trinajstić information content (AvgIpc) is 2.89. The number of nitrogens with zero attached hydrogens (tertiary/aromatic N) is 1. The van der Waals surface area contributed by atoms with Gasteiger partial charge in [0.25, 0.3) is 11.1 Å². The summed E-state index contributed by atoms with van der Waals surface area (Å²) < 4.78 is 6.11. The molecule has 1 saturated heterocycles. The fourth-order valence-electron chi connectivity index (χ4n) is 2.63. The summed E-state index contributed by atoms with van der Waals surface area (Å²) in [5.74, 6) is -0.160. The predicted octanol–water partition coefficient (Wildman–Crippen LogP) is 4.28. The molecule has 0 aliphatic carbocycles. The average molecular weight is 508 g/mol. The molecule has 0 radical (unpaired) electrons. The zero-order valence-electron chi connectivity index (χ0n) is 15.2. The first-order valence-electron chi connectivity index (χ1n) is 8.33. The van der Waals surface area contributed by atoms with Gasteiger partial charge in [0.1, 0.15) is 12.3 Å². The highest BCUT2D eigenvalue weighted by Crippen LogP contribution is 2.33. The van der Waals surface area contributed by atoms with E-state index in [1.54, 1.807) is 31.4 Å². The molecule has 1 heterocycles. The lowest BCUT2D eigenvalue weighted by Crippen LogP contribution is -2.36. The summed E-state index contributed by atoms with van der Waals surface area (Å²) in [5, 5.41) is 2.25. The molecular formula is C20H17IN2O4S. The van der Waals surface area contributed by atoms with Gasteiger partial charge in [-0.3, -0.25) is 19.3 Å². The number of anilines is 1. The third-order valence-corrected chi connectivity index (χ3v) is 5.70. The zero-order valence-corrected chi connectivity index (χ0v) is 18.2. The third kappa shape index (κ3) is 4.74. The lowest BCUT2D eigenvalue weighted by atomic mass is 10.2. The number of carbonyl (C=O) groups excluding carboxylic acids is 3. The van der Waals surface area contributed by atoms with Crippen molar-refractivity contribution in [1.29, 1.82) is 0 Å². The molecule has 0 saturated carbocycles. The molecule has 0 unspecified atom stereocenters.